The third-order valence-corrected chi connectivity index (χ3v) is 6.34. The van der Waals surface area contributed by atoms with Crippen molar-refractivity contribution in [2.75, 3.05) is 36.1 Å². The predicted molar refractivity (Wildman–Crippen MR) is 145 cm³/mol. The number of hydrogen-bond donors (Lipinski definition) is 4. The summed E-state index contributed by atoms with van der Waals surface area (Å²) in [6.45, 7) is 2.92. The summed E-state index contributed by atoms with van der Waals surface area (Å²) < 4.78 is 8.66. The zero-order valence-electron chi connectivity index (χ0n) is 21.1. The number of urea groups is 1. The zero-order chi connectivity index (χ0) is 26.3. The summed E-state index contributed by atoms with van der Waals surface area (Å²) in [4.78, 5) is 25.3. The number of carbonyl (C=O) groups excluding carboxylic acids is 2. The first kappa shape index (κ1) is 25.0. The Labute approximate surface area is 220 Å². The summed E-state index contributed by atoms with van der Waals surface area (Å²) in [7, 11) is 1.57. The highest BCUT2D eigenvalue weighted by Gasteiger charge is 2.15. The summed E-state index contributed by atoms with van der Waals surface area (Å²) in [6, 6.07) is 13.8. The average molecular weight is 515 g/mol. The molecule has 11 heteroatoms. The lowest BCUT2D eigenvalue weighted by Crippen LogP contribution is -2.29. The van der Waals surface area contributed by atoms with Crippen LogP contribution in [0.1, 0.15) is 23.2 Å². The minimum atomic E-state index is -0.411. The molecule has 1 fully saturated rings. The molecular weight excluding hydrogens is 484 g/mol. The van der Waals surface area contributed by atoms with Crippen molar-refractivity contribution in [3.63, 3.8) is 0 Å². The van der Waals surface area contributed by atoms with Crippen molar-refractivity contribution in [3.05, 3.63) is 78.9 Å². The van der Waals surface area contributed by atoms with Crippen LogP contribution in [-0.2, 0) is 6.54 Å². The van der Waals surface area contributed by atoms with Crippen LogP contribution in [-0.4, -0.2) is 51.7 Å². The number of aromatic nitrogens is 4. The van der Waals surface area contributed by atoms with E-state index in [0.29, 0.717) is 40.0 Å². The molecule has 196 valence electrons. The number of piperidine rings is 1. The van der Waals surface area contributed by atoms with E-state index in [0.717, 1.165) is 32.5 Å². The van der Waals surface area contributed by atoms with Gasteiger partial charge in [-0.25, -0.2) is 9.48 Å². The molecule has 2 aromatic carbocycles. The van der Waals surface area contributed by atoms with Crippen molar-refractivity contribution in [2.24, 2.45) is 5.92 Å². The van der Waals surface area contributed by atoms with Gasteiger partial charge in [-0.05, 0) is 62.2 Å². The highest BCUT2D eigenvalue weighted by Crippen LogP contribution is 2.19. The molecule has 11 nitrogen and oxygen atoms in total. The Kier molecular flexibility index (Phi) is 7.65. The fourth-order valence-electron chi connectivity index (χ4n) is 4.37. The minimum Gasteiger partial charge on any atom is -0.497 e. The topological polar surface area (TPSA) is 127 Å². The number of amides is 3. The molecule has 0 saturated carbocycles. The molecule has 38 heavy (non-hydrogen) atoms. The van der Waals surface area contributed by atoms with Crippen molar-refractivity contribution >= 4 is 29.0 Å². The molecule has 0 radical (unpaired) electrons. The van der Waals surface area contributed by atoms with Gasteiger partial charge in [0.2, 0.25) is 0 Å². The minimum absolute atomic E-state index is 0.239. The molecule has 0 unspecified atom stereocenters. The predicted octanol–water partition coefficient (Wildman–Crippen LogP) is 3.97. The Balaban J connectivity index is 1.19. The number of anilines is 3. The molecule has 2 aromatic heterocycles. The van der Waals surface area contributed by atoms with Gasteiger partial charge in [-0.3, -0.25) is 9.48 Å². The molecule has 0 spiro atoms. The Morgan fingerprint density at radius 3 is 2.55 bits per heavy atom. The van der Waals surface area contributed by atoms with E-state index < -0.39 is 6.03 Å². The molecule has 3 amide bonds. The van der Waals surface area contributed by atoms with Crippen LogP contribution in [0.5, 0.6) is 5.75 Å². The van der Waals surface area contributed by atoms with E-state index in [1.165, 1.54) is 6.20 Å². The molecule has 1 aliphatic heterocycles. The van der Waals surface area contributed by atoms with Crippen LogP contribution >= 0.6 is 0 Å². The molecular formula is C27H30N8O3. The third-order valence-electron chi connectivity index (χ3n) is 6.34. The quantitative estimate of drug-likeness (QED) is 0.282. The first-order valence-electron chi connectivity index (χ1n) is 12.5. The van der Waals surface area contributed by atoms with Crippen LogP contribution in [0.3, 0.4) is 0 Å². The molecule has 0 atom stereocenters. The van der Waals surface area contributed by atoms with Gasteiger partial charge in [0.1, 0.15) is 5.75 Å². The van der Waals surface area contributed by atoms with E-state index >= 15 is 0 Å². The normalized spacial score (nSPS) is 13.6. The molecule has 4 N–H and O–H groups in total. The molecule has 5 rings (SSSR count). The number of carbonyl (C=O) groups is 2. The maximum atomic E-state index is 12.9. The Hall–Kier alpha value is -4.64. The number of hydrogen-bond acceptors (Lipinski definition) is 6. The number of methoxy groups -OCH3 is 1. The van der Waals surface area contributed by atoms with E-state index in [-0.39, 0.29) is 5.91 Å². The van der Waals surface area contributed by atoms with Gasteiger partial charge in [-0.1, -0.05) is 12.1 Å². The monoisotopic (exact) mass is 514 g/mol. The van der Waals surface area contributed by atoms with Crippen molar-refractivity contribution in [1.29, 1.82) is 0 Å². The van der Waals surface area contributed by atoms with Crippen LogP contribution in [0.2, 0.25) is 0 Å². The van der Waals surface area contributed by atoms with Gasteiger partial charge in [0.05, 0.1) is 42.8 Å². The molecule has 4 aromatic rings. The van der Waals surface area contributed by atoms with E-state index in [9.17, 15) is 9.59 Å². The molecule has 0 aliphatic carbocycles. The lowest BCUT2D eigenvalue weighted by Gasteiger charge is -2.22. The number of nitrogens with one attached hydrogen (secondary N) is 4. The fourth-order valence-corrected chi connectivity index (χ4v) is 4.37. The zero-order valence-corrected chi connectivity index (χ0v) is 21.1. The number of ether oxygens (including phenoxy) is 1. The van der Waals surface area contributed by atoms with Crippen LogP contribution in [0.15, 0.2) is 73.3 Å². The second-order valence-electron chi connectivity index (χ2n) is 9.13. The van der Waals surface area contributed by atoms with Crippen molar-refractivity contribution < 1.29 is 14.3 Å². The van der Waals surface area contributed by atoms with Gasteiger partial charge < -0.3 is 26.0 Å². The van der Waals surface area contributed by atoms with Crippen LogP contribution < -0.4 is 26.0 Å². The summed E-state index contributed by atoms with van der Waals surface area (Å²) in [5.41, 5.74) is 2.92. The first-order valence-corrected chi connectivity index (χ1v) is 12.5. The first-order chi connectivity index (χ1) is 18.6. The number of nitrogens with zero attached hydrogens (tertiary/aromatic N) is 4. The highest BCUT2D eigenvalue weighted by molar-refractivity contribution is 6.04. The Bertz CT molecular complexity index is 1410. The second-order valence-corrected chi connectivity index (χ2v) is 9.13. The second kappa shape index (κ2) is 11.6. The summed E-state index contributed by atoms with van der Waals surface area (Å²) in [5.74, 6) is 1.000. The summed E-state index contributed by atoms with van der Waals surface area (Å²) >= 11 is 0. The van der Waals surface area contributed by atoms with Crippen molar-refractivity contribution in [2.45, 2.75) is 19.4 Å². The SMILES string of the molecule is COc1cccc(NC(=O)Nc2cnn(-c3cccc(C(=O)Nc4cnn(CC5CCNCC5)c4)c3)c2)c1. The smallest absolute Gasteiger partial charge is 0.323 e. The maximum absolute atomic E-state index is 12.9. The van der Waals surface area contributed by atoms with Gasteiger partial charge in [0.25, 0.3) is 5.91 Å². The van der Waals surface area contributed by atoms with Gasteiger partial charge in [0.15, 0.2) is 0 Å². The number of rotatable bonds is 8. The molecule has 0 bridgehead atoms. The summed E-state index contributed by atoms with van der Waals surface area (Å²) in [6.07, 6.45) is 9.01. The van der Waals surface area contributed by atoms with Crippen molar-refractivity contribution in [1.82, 2.24) is 24.9 Å². The standard InChI is InChI=1S/C27H30N8O3/c1-38-25-7-3-5-21(13-25)32-27(37)33-23-15-30-35(18-23)24-6-2-4-20(12-24)26(36)31-22-14-29-34(17-22)16-19-8-10-28-11-9-19/h2-7,12-15,17-19,28H,8-11,16H2,1H3,(H,31,36)(H2,32,33,37). The molecule has 3 heterocycles. The summed E-state index contributed by atoms with van der Waals surface area (Å²) in [5, 5.41) is 20.5. The van der Waals surface area contributed by atoms with Gasteiger partial charge in [0, 0.05) is 30.1 Å². The van der Waals surface area contributed by atoms with Crippen LogP contribution in [0.25, 0.3) is 5.69 Å². The van der Waals surface area contributed by atoms with E-state index in [1.54, 1.807) is 66.6 Å². The number of benzene rings is 2. The molecule has 1 aliphatic rings. The lowest BCUT2D eigenvalue weighted by molar-refractivity contribution is 0.102. The van der Waals surface area contributed by atoms with Crippen LogP contribution in [0.4, 0.5) is 21.9 Å². The largest absolute Gasteiger partial charge is 0.497 e. The highest BCUT2D eigenvalue weighted by atomic mass is 16.5. The van der Waals surface area contributed by atoms with Gasteiger partial charge in [-0.15, -0.1) is 0 Å². The average Bonchev–Trinajstić information content (AvgIpc) is 3.59. The van der Waals surface area contributed by atoms with E-state index in [1.807, 2.05) is 16.9 Å². The molecule has 1 saturated heterocycles. The van der Waals surface area contributed by atoms with E-state index in [4.69, 9.17) is 4.74 Å². The Morgan fingerprint density at radius 1 is 0.947 bits per heavy atom. The van der Waals surface area contributed by atoms with Crippen LogP contribution in [0, 0.1) is 5.92 Å². The van der Waals surface area contributed by atoms with Gasteiger partial charge in [-0.2, -0.15) is 10.2 Å². The Morgan fingerprint density at radius 2 is 1.71 bits per heavy atom. The third kappa shape index (κ3) is 6.37. The lowest BCUT2D eigenvalue weighted by atomic mass is 9.98. The van der Waals surface area contributed by atoms with E-state index in [2.05, 4.69) is 31.5 Å². The fraction of sp³-hybridized carbons (Fsp3) is 0.259. The van der Waals surface area contributed by atoms with Gasteiger partial charge >= 0.3 is 6.03 Å². The maximum Gasteiger partial charge on any atom is 0.323 e. The van der Waals surface area contributed by atoms with Crippen molar-refractivity contribution in [3.8, 4) is 11.4 Å².